The summed E-state index contributed by atoms with van der Waals surface area (Å²) >= 11 is 0. The van der Waals surface area contributed by atoms with Crippen molar-refractivity contribution >= 4 is 11.9 Å². The second kappa shape index (κ2) is 4.22. The number of carbonyl (C=O) groups excluding carboxylic acids is 1. The Hall–Kier alpha value is -1.69. The van der Waals surface area contributed by atoms with E-state index >= 15 is 0 Å². The third-order valence-electron chi connectivity index (χ3n) is 2.22. The number of rotatable bonds is 2. The highest BCUT2D eigenvalue weighted by atomic mass is 16.5. The zero-order chi connectivity index (χ0) is 10.7. The van der Waals surface area contributed by atoms with Crippen LogP contribution in [-0.2, 0) is 4.74 Å². The SMILES string of the molecule is NC(=O)c1cnc(N2CCOCC2)nc1. The Morgan fingerprint density at radius 1 is 1.33 bits per heavy atom. The van der Waals surface area contributed by atoms with E-state index in [2.05, 4.69) is 9.97 Å². The normalized spacial score (nSPS) is 16.4. The molecule has 0 aromatic carbocycles. The number of aromatic nitrogens is 2. The minimum atomic E-state index is -0.511. The highest BCUT2D eigenvalue weighted by molar-refractivity contribution is 5.92. The third-order valence-corrected chi connectivity index (χ3v) is 2.22. The predicted octanol–water partition coefficient (Wildman–Crippen LogP) is -0.588. The van der Waals surface area contributed by atoms with Gasteiger partial charge in [-0.2, -0.15) is 0 Å². The molecule has 15 heavy (non-hydrogen) atoms. The molecule has 1 fully saturated rings. The average Bonchev–Trinajstić information content (AvgIpc) is 2.30. The van der Waals surface area contributed by atoms with Gasteiger partial charge in [0.2, 0.25) is 5.95 Å². The first-order valence-corrected chi connectivity index (χ1v) is 4.72. The molecule has 1 aromatic heterocycles. The average molecular weight is 208 g/mol. The molecule has 2 N–H and O–H groups in total. The van der Waals surface area contributed by atoms with Crippen molar-refractivity contribution < 1.29 is 9.53 Å². The van der Waals surface area contributed by atoms with Crippen molar-refractivity contribution in [1.29, 1.82) is 0 Å². The molecular weight excluding hydrogens is 196 g/mol. The fraction of sp³-hybridized carbons (Fsp3) is 0.444. The number of nitrogens with two attached hydrogens (primary N) is 1. The van der Waals surface area contributed by atoms with Crippen LogP contribution in [0.4, 0.5) is 5.95 Å². The van der Waals surface area contributed by atoms with Crippen molar-refractivity contribution in [1.82, 2.24) is 9.97 Å². The Bertz CT molecular complexity index is 346. The number of amides is 1. The minimum absolute atomic E-state index is 0.326. The zero-order valence-corrected chi connectivity index (χ0v) is 8.22. The Kier molecular flexibility index (Phi) is 2.77. The van der Waals surface area contributed by atoms with Crippen LogP contribution in [0.25, 0.3) is 0 Å². The summed E-state index contributed by atoms with van der Waals surface area (Å²) in [4.78, 5) is 21.0. The van der Waals surface area contributed by atoms with Crippen LogP contribution in [-0.4, -0.2) is 42.2 Å². The molecule has 0 spiro atoms. The first-order chi connectivity index (χ1) is 7.27. The minimum Gasteiger partial charge on any atom is -0.378 e. The molecule has 1 saturated heterocycles. The summed E-state index contributed by atoms with van der Waals surface area (Å²) in [5, 5.41) is 0. The van der Waals surface area contributed by atoms with E-state index in [1.807, 2.05) is 4.90 Å². The fourth-order valence-corrected chi connectivity index (χ4v) is 1.38. The smallest absolute Gasteiger partial charge is 0.251 e. The van der Waals surface area contributed by atoms with Gasteiger partial charge in [-0.25, -0.2) is 9.97 Å². The number of carbonyl (C=O) groups is 1. The molecule has 2 heterocycles. The Balaban J connectivity index is 2.11. The van der Waals surface area contributed by atoms with Crippen LogP contribution in [0.2, 0.25) is 0 Å². The molecule has 0 saturated carbocycles. The summed E-state index contributed by atoms with van der Waals surface area (Å²) in [5.74, 6) is 0.104. The van der Waals surface area contributed by atoms with Crippen molar-refractivity contribution in [3.05, 3.63) is 18.0 Å². The number of primary amides is 1. The van der Waals surface area contributed by atoms with Crippen LogP contribution in [0.15, 0.2) is 12.4 Å². The van der Waals surface area contributed by atoms with E-state index in [-0.39, 0.29) is 0 Å². The summed E-state index contributed by atoms with van der Waals surface area (Å²) in [5.41, 5.74) is 5.42. The van der Waals surface area contributed by atoms with Gasteiger partial charge in [0.1, 0.15) is 0 Å². The second-order valence-electron chi connectivity index (χ2n) is 3.24. The Morgan fingerprint density at radius 2 is 1.93 bits per heavy atom. The molecule has 1 amide bonds. The maximum Gasteiger partial charge on any atom is 0.251 e. The van der Waals surface area contributed by atoms with E-state index in [0.717, 1.165) is 13.1 Å². The van der Waals surface area contributed by atoms with Crippen molar-refractivity contribution in [2.24, 2.45) is 5.73 Å². The van der Waals surface area contributed by atoms with Gasteiger partial charge in [0.15, 0.2) is 0 Å². The predicted molar refractivity (Wildman–Crippen MR) is 53.6 cm³/mol. The van der Waals surface area contributed by atoms with Crippen LogP contribution in [0.5, 0.6) is 0 Å². The third kappa shape index (κ3) is 2.21. The monoisotopic (exact) mass is 208 g/mol. The summed E-state index contributed by atoms with van der Waals surface area (Å²) < 4.78 is 5.21. The Labute approximate surface area is 87.1 Å². The second-order valence-corrected chi connectivity index (χ2v) is 3.24. The molecule has 6 nitrogen and oxygen atoms in total. The standard InChI is InChI=1S/C9H12N4O2/c10-8(14)7-5-11-9(12-6-7)13-1-3-15-4-2-13/h5-6H,1-4H2,(H2,10,14). The van der Waals surface area contributed by atoms with Crippen LogP contribution in [0.3, 0.4) is 0 Å². The molecule has 6 heteroatoms. The van der Waals surface area contributed by atoms with Crippen LogP contribution in [0.1, 0.15) is 10.4 Å². The van der Waals surface area contributed by atoms with Crippen LogP contribution < -0.4 is 10.6 Å². The molecule has 1 aliphatic rings. The van der Waals surface area contributed by atoms with Gasteiger partial charge in [-0.05, 0) is 0 Å². The topological polar surface area (TPSA) is 81.3 Å². The van der Waals surface area contributed by atoms with Crippen LogP contribution in [0, 0.1) is 0 Å². The van der Waals surface area contributed by atoms with Gasteiger partial charge in [-0.15, -0.1) is 0 Å². The van der Waals surface area contributed by atoms with Gasteiger partial charge >= 0.3 is 0 Å². The first-order valence-electron chi connectivity index (χ1n) is 4.72. The molecule has 0 atom stereocenters. The molecule has 0 aliphatic carbocycles. The van der Waals surface area contributed by atoms with E-state index in [0.29, 0.717) is 24.7 Å². The van der Waals surface area contributed by atoms with E-state index in [1.54, 1.807) is 0 Å². The maximum absolute atomic E-state index is 10.8. The van der Waals surface area contributed by atoms with Gasteiger partial charge in [0, 0.05) is 25.5 Å². The Morgan fingerprint density at radius 3 is 2.47 bits per heavy atom. The number of anilines is 1. The molecule has 0 radical (unpaired) electrons. The number of nitrogens with zero attached hydrogens (tertiary/aromatic N) is 3. The van der Waals surface area contributed by atoms with Gasteiger partial charge in [-0.3, -0.25) is 4.79 Å². The van der Waals surface area contributed by atoms with E-state index in [1.165, 1.54) is 12.4 Å². The summed E-state index contributed by atoms with van der Waals surface area (Å²) in [6, 6.07) is 0. The van der Waals surface area contributed by atoms with E-state index in [9.17, 15) is 4.79 Å². The zero-order valence-electron chi connectivity index (χ0n) is 8.22. The molecule has 0 unspecified atom stereocenters. The van der Waals surface area contributed by atoms with E-state index < -0.39 is 5.91 Å². The fourth-order valence-electron chi connectivity index (χ4n) is 1.38. The molecule has 1 aliphatic heterocycles. The van der Waals surface area contributed by atoms with Crippen molar-refractivity contribution in [2.45, 2.75) is 0 Å². The summed E-state index contributed by atoms with van der Waals surface area (Å²) in [7, 11) is 0. The number of ether oxygens (including phenoxy) is 1. The number of morpholine rings is 1. The molecule has 80 valence electrons. The lowest BCUT2D eigenvalue weighted by Gasteiger charge is -2.26. The maximum atomic E-state index is 10.8. The number of hydrogen-bond donors (Lipinski definition) is 1. The molecular formula is C9H12N4O2. The van der Waals surface area contributed by atoms with Crippen LogP contribution >= 0.6 is 0 Å². The van der Waals surface area contributed by atoms with Gasteiger partial charge in [-0.1, -0.05) is 0 Å². The lowest BCUT2D eigenvalue weighted by Crippen LogP contribution is -2.37. The summed E-state index contributed by atoms with van der Waals surface area (Å²) in [6.07, 6.45) is 2.89. The first kappa shape index (κ1) is 9.85. The summed E-state index contributed by atoms with van der Waals surface area (Å²) in [6.45, 7) is 2.91. The van der Waals surface area contributed by atoms with Crippen molar-refractivity contribution in [3.8, 4) is 0 Å². The number of hydrogen-bond acceptors (Lipinski definition) is 5. The molecule has 2 rings (SSSR count). The van der Waals surface area contributed by atoms with Gasteiger partial charge in [0.25, 0.3) is 5.91 Å². The van der Waals surface area contributed by atoms with Crippen molar-refractivity contribution in [3.63, 3.8) is 0 Å². The lowest BCUT2D eigenvalue weighted by molar-refractivity contribution is 0.0999. The lowest BCUT2D eigenvalue weighted by atomic mass is 10.3. The largest absolute Gasteiger partial charge is 0.378 e. The molecule has 1 aromatic rings. The van der Waals surface area contributed by atoms with Gasteiger partial charge in [0.05, 0.1) is 18.8 Å². The van der Waals surface area contributed by atoms with Crippen molar-refractivity contribution in [2.75, 3.05) is 31.2 Å². The van der Waals surface area contributed by atoms with Gasteiger partial charge < -0.3 is 15.4 Å². The highest BCUT2D eigenvalue weighted by Crippen LogP contribution is 2.08. The van der Waals surface area contributed by atoms with E-state index in [4.69, 9.17) is 10.5 Å². The quantitative estimate of drug-likeness (QED) is 0.702. The highest BCUT2D eigenvalue weighted by Gasteiger charge is 2.13. The molecule has 0 bridgehead atoms.